The fourth-order valence-corrected chi connectivity index (χ4v) is 3.97. The predicted octanol–water partition coefficient (Wildman–Crippen LogP) is 3.96. The van der Waals surface area contributed by atoms with Crippen molar-refractivity contribution in [3.63, 3.8) is 0 Å². The molecule has 2 amide bonds. The van der Waals surface area contributed by atoms with Crippen molar-refractivity contribution in [2.45, 2.75) is 26.7 Å². The number of rotatable bonds is 3. The summed E-state index contributed by atoms with van der Waals surface area (Å²) in [6.07, 6.45) is 1.83. The largest absolute Gasteiger partial charge is 0.366 e. The van der Waals surface area contributed by atoms with Crippen molar-refractivity contribution in [2.75, 3.05) is 18.0 Å². The number of aryl methyl sites for hydroxylation is 2. The normalized spacial score (nSPS) is 17.3. The predicted molar refractivity (Wildman–Crippen MR) is 102 cm³/mol. The molecule has 4 rings (SSSR count). The lowest BCUT2D eigenvalue weighted by molar-refractivity contribution is -0.120. The third kappa shape index (κ3) is 2.89. The Morgan fingerprint density at radius 2 is 1.61 bits per heavy atom. The van der Waals surface area contributed by atoms with Gasteiger partial charge in [0.15, 0.2) is 0 Å². The minimum absolute atomic E-state index is 0.257. The molecule has 2 aliphatic heterocycles. The van der Waals surface area contributed by atoms with Crippen molar-refractivity contribution >= 4 is 23.1 Å². The molecule has 0 atom stereocenters. The number of imide groups is 1. The molecule has 0 N–H and O–H groups in total. The fraction of sp³-hybridized carbons (Fsp3) is 0.273. The van der Waals surface area contributed by atoms with Gasteiger partial charge in [-0.25, -0.2) is 13.7 Å². The van der Waals surface area contributed by atoms with E-state index in [1.807, 2.05) is 36.9 Å². The highest BCUT2D eigenvalue weighted by atomic mass is 19.1. The van der Waals surface area contributed by atoms with Gasteiger partial charge < -0.3 is 4.90 Å². The molecule has 0 bridgehead atoms. The van der Waals surface area contributed by atoms with Gasteiger partial charge in [0.25, 0.3) is 11.8 Å². The minimum atomic E-state index is -0.814. The summed E-state index contributed by atoms with van der Waals surface area (Å²) in [6.45, 7) is 5.13. The standard InChI is InChI=1S/C22H20F2N2O2/c1-13-5-7-16(14(2)11-13)19-20(25-9-3-4-10-25)22(28)26(21(19)27)18-12-15(23)6-8-17(18)24/h5-8,11-12H,3-4,9-10H2,1-2H3. The minimum Gasteiger partial charge on any atom is -0.366 e. The van der Waals surface area contributed by atoms with Crippen LogP contribution in [0.3, 0.4) is 0 Å². The highest BCUT2D eigenvalue weighted by molar-refractivity contribution is 6.45. The number of nitrogens with zero attached hydrogens (tertiary/aromatic N) is 2. The van der Waals surface area contributed by atoms with Gasteiger partial charge in [0.05, 0.1) is 11.3 Å². The second-order valence-electron chi connectivity index (χ2n) is 7.28. The van der Waals surface area contributed by atoms with Crippen LogP contribution >= 0.6 is 0 Å². The van der Waals surface area contributed by atoms with E-state index in [-0.39, 0.29) is 17.0 Å². The number of likely N-dealkylation sites (tertiary alicyclic amines) is 1. The molecule has 6 heteroatoms. The Kier molecular flexibility index (Phi) is 4.49. The van der Waals surface area contributed by atoms with Crippen molar-refractivity contribution in [1.29, 1.82) is 0 Å². The van der Waals surface area contributed by atoms with Crippen LogP contribution < -0.4 is 4.90 Å². The van der Waals surface area contributed by atoms with Gasteiger partial charge in [-0.1, -0.05) is 23.8 Å². The number of anilines is 1. The Bertz CT molecular complexity index is 1020. The van der Waals surface area contributed by atoms with E-state index in [4.69, 9.17) is 0 Å². The first-order chi connectivity index (χ1) is 13.4. The van der Waals surface area contributed by atoms with E-state index < -0.39 is 23.4 Å². The zero-order valence-corrected chi connectivity index (χ0v) is 15.8. The molecule has 0 aromatic heterocycles. The van der Waals surface area contributed by atoms with E-state index in [2.05, 4.69) is 0 Å². The molecule has 1 fully saturated rings. The van der Waals surface area contributed by atoms with Crippen LogP contribution in [0.25, 0.3) is 5.57 Å². The van der Waals surface area contributed by atoms with Gasteiger partial charge in [-0.2, -0.15) is 0 Å². The van der Waals surface area contributed by atoms with Gasteiger partial charge in [-0.05, 0) is 49.9 Å². The van der Waals surface area contributed by atoms with E-state index >= 15 is 0 Å². The second kappa shape index (κ2) is 6.86. The zero-order valence-electron chi connectivity index (χ0n) is 15.8. The van der Waals surface area contributed by atoms with Crippen molar-refractivity contribution in [1.82, 2.24) is 4.90 Å². The molecule has 0 saturated carbocycles. The summed E-state index contributed by atoms with van der Waals surface area (Å²) in [6, 6.07) is 8.40. The molecule has 0 unspecified atom stereocenters. The van der Waals surface area contributed by atoms with Gasteiger partial charge in [0.2, 0.25) is 0 Å². The van der Waals surface area contributed by atoms with Gasteiger partial charge in [0.1, 0.15) is 17.3 Å². The maximum absolute atomic E-state index is 14.4. The Morgan fingerprint density at radius 1 is 0.893 bits per heavy atom. The number of hydrogen-bond acceptors (Lipinski definition) is 3. The van der Waals surface area contributed by atoms with Crippen LogP contribution in [0.5, 0.6) is 0 Å². The van der Waals surface area contributed by atoms with Crippen molar-refractivity contribution in [3.8, 4) is 0 Å². The lowest BCUT2D eigenvalue weighted by Gasteiger charge is -2.20. The van der Waals surface area contributed by atoms with E-state index in [9.17, 15) is 18.4 Å². The van der Waals surface area contributed by atoms with E-state index in [0.717, 1.165) is 47.1 Å². The van der Waals surface area contributed by atoms with Crippen molar-refractivity contribution < 1.29 is 18.4 Å². The summed E-state index contributed by atoms with van der Waals surface area (Å²) >= 11 is 0. The third-order valence-corrected chi connectivity index (χ3v) is 5.28. The van der Waals surface area contributed by atoms with Gasteiger partial charge in [0, 0.05) is 19.2 Å². The molecular weight excluding hydrogens is 362 g/mol. The molecule has 4 nitrogen and oxygen atoms in total. The molecule has 0 spiro atoms. The number of carbonyl (C=O) groups excluding carboxylic acids is 2. The number of carbonyl (C=O) groups is 2. The summed E-state index contributed by atoms with van der Waals surface area (Å²) in [7, 11) is 0. The third-order valence-electron chi connectivity index (χ3n) is 5.28. The molecule has 2 heterocycles. The average Bonchev–Trinajstić information content (AvgIpc) is 3.24. The van der Waals surface area contributed by atoms with Gasteiger partial charge >= 0.3 is 0 Å². The number of amides is 2. The van der Waals surface area contributed by atoms with E-state index in [1.165, 1.54) is 0 Å². The monoisotopic (exact) mass is 382 g/mol. The highest BCUT2D eigenvalue weighted by Gasteiger charge is 2.44. The maximum atomic E-state index is 14.4. The van der Waals surface area contributed by atoms with E-state index in [0.29, 0.717) is 18.7 Å². The first kappa shape index (κ1) is 18.3. The molecule has 28 heavy (non-hydrogen) atoms. The molecule has 2 aliphatic rings. The lowest BCUT2D eigenvalue weighted by Crippen LogP contribution is -2.35. The topological polar surface area (TPSA) is 40.6 Å². The van der Waals surface area contributed by atoms with Gasteiger partial charge in [-0.3, -0.25) is 9.59 Å². The first-order valence-electron chi connectivity index (χ1n) is 9.29. The molecule has 144 valence electrons. The fourth-order valence-electron chi connectivity index (χ4n) is 3.97. The zero-order chi connectivity index (χ0) is 20.0. The Labute approximate surface area is 162 Å². The van der Waals surface area contributed by atoms with Crippen LogP contribution in [0, 0.1) is 25.5 Å². The highest BCUT2D eigenvalue weighted by Crippen LogP contribution is 2.38. The smallest absolute Gasteiger partial charge is 0.282 e. The van der Waals surface area contributed by atoms with Crippen LogP contribution in [0.15, 0.2) is 42.1 Å². The van der Waals surface area contributed by atoms with Crippen molar-refractivity contribution in [2.24, 2.45) is 0 Å². The maximum Gasteiger partial charge on any atom is 0.282 e. The molecule has 2 aromatic carbocycles. The number of hydrogen-bond donors (Lipinski definition) is 0. The van der Waals surface area contributed by atoms with Crippen LogP contribution in [0.1, 0.15) is 29.5 Å². The Hall–Kier alpha value is -3.02. The summed E-state index contributed by atoms with van der Waals surface area (Å²) in [5, 5.41) is 0. The number of halogens is 2. The van der Waals surface area contributed by atoms with Crippen molar-refractivity contribution in [3.05, 3.63) is 70.4 Å². The lowest BCUT2D eigenvalue weighted by atomic mass is 9.97. The van der Waals surface area contributed by atoms with Crippen LogP contribution in [0.4, 0.5) is 14.5 Å². The van der Waals surface area contributed by atoms with Crippen LogP contribution in [0.2, 0.25) is 0 Å². The molecule has 0 radical (unpaired) electrons. The Morgan fingerprint density at radius 3 is 2.29 bits per heavy atom. The van der Waals surface area contributed by atoms with E-state index in [1.54, 1.807) is 0 Å². The summed E-state index contributed by atoms with van der Waals surface area (Å²) in [4.78, 5) is 29.2. The average molecular weight is 382 g/mol. The Balaban J connectivity index is 1.90. The van der Waals surface area contributed by atoms with Crippen LogP contribution in [-0.4, -0.2) is 29.8 Å². The summed E-state index contributed by atoms with van der Waals surface area (Å²) < 4.78 is 28.1. The SMILES string of the molecule is Cc1ccc(C2=C(N3CCCC3)C(=O)N(c3cc(F)ccc3F)C2=O)c(C)c1. The van der Waals surface area contributed by atoms with Gasteiger partial charge in [-0.15, -0.1) is 0 Å². The molecular formula is C22H20F2N2O2. The molecule has 2 aromatic rings. The summed E-state index contributed by atoms with van der Waals surface area (Å²) in [5.41, 5.74) is 2.71. The second-order valence-corrected chi connectivity index (χ2v) is 7.28. The molecule has 1 saturated heterocycles. The number of benzene rings is 2. The first-order valence-corrected chi connectivity index (χ1v) is 9.29. The molecule has 0 aliphatic carbocycles. The quantitative estimate of drug-likeness (QED) is 0.755. The van der Waals surface area contributed by atoms with Crippen LogP contribution in [-0.2, 0) is 9.59 Å². The summed E-state index contributed by atoms with van der Waals surface area (Å²) in [5.74, 6) is -2.75.